The third kappa shape index (κ3) is 4.93. The van der Waals surface area contributed by atoms with E-state index < -0.39 is 0 Å². The zero-order chi connectivity index (χ0) is 18.2. The summed E-state index contributed by atoms with van der Waals surface area (Å²) >= 11 is 2.06. The lowest BCUT2D eigenvalue weighted by Crippen LogP contribution is -2.56. The third-order valence-corrected chi connectivity index (χ3v) is 6.48. The largest absolute Gasteiger partial charge is 0.379 e. The fraction of sp³-hybridized carbons (Fsp3) is 0.650. The first kappa shape index (κ1) is 19.5. The van der Waals surface area contributed by atoms with Crippen molar-refractivity contribution in [3.8, 4) is 0 Å². The van der Waals surface area contributed by atoms with Gasteiger partial charge in [-0.15, -0.1) is 0 Å². The summed E-state index contributed by atoms with van der Waals surface area (Å²) in [5.41, 5.74) is 1.50. The molecule has 3 rings (SSSR count). The van der Waals surface area contributed by atoms with Gasteiger partial charge in [0, 0.05) is 39.0 Å². The SMILES string of the molecule is CCNC(=NCC1(N2CCOCC2)CCSC1)N(C)Cc1ccccc1. The quantitative estimate of drug-likeness (QED) is 0.609. The van der Waals surface area contributed by atoms with Crippen LogP contribution in [0.15, 0.2) is 35.3 Å². The van der Waals surface area contributed by atoms with Gasteiger partial charge in [0.05, 0.1) is 25.3 Å². The van der Waals surface area contributed by atoms with E-state index in [1.165, 1.54) is 23.5 Å². The van der Waals surface area contributed by atoms with Gasteiger partial charge in [0.15, 0.2) is 5.96 Å². The Hall–Kier alpha value is -1.24. The predicted octanol–water partition coefficient (Wildman–Crippen LogP) is 2.29. The molecule has 0 amide bonds. The van der Waals surface area contributed by atoms with Crippen LogP contribution < -0.4 is 5.32 Å². The Morgan fingerprint density at radius 3 is 2.73 bits per heavy atom. The van der Waals surface area contributed by atoms with E-state index in [0.29, 0.717) is 0 Å². The molecule has 0 spiro atoms. The van der Waals surface area contributed by atoms with Gasteiger partial charge in [-0.25, -0.2) is 0 Å². The van der Waals surface area contributed by atoms with Gasteiger partial charge in [-0.05, 0) is 24.7 Å². The lowest BCUT2D eigenvalue weighted by atomic mass is 9.96. The molecule has 6 heteroatoms. The molecule has 1 aromatic carbocycles. The Morgan fingerprint density at radius 2 is 2.08 bits per heavy atom. The van der Waals surface area contributed by atoms with Crippen LogP contribution in [0.4, 0.5) is 0 Å². The molecule has 144 valence electrons. The number of morpholine rings is 1. The van der Waals surface area contributed by atoms with Crippen molar-refractivity contribution in [3.63, 3.8) is 0 Å². The minimum absolute atomic E-state index is 0.197. The topological polar surface area (TPSA) is 40.1 Å². The molecule has 2 fully saturated rings. The molecule has 0 aliphatic carbocycles. The second kappa shape index (κ2) is 9.62. The molecule has 2 aliphatic rings. The van der Waals surface area contributed by atoms with Crippen LogP contribution in [-0.2, 0) is 11.3 Å². The molecule has 0 saturated carbocycles. The highest BCUT2D eigenvalue weighted by atomic mass is 32.2. The van der Waals surface area contributed by atoms with E-state index >= 15 is 0 Å². The molecule has 0 radical (unpaired) electrons. The fourth-order valence-electron chi connectivity index (χ4n) is 3.73. The maximum absolute atomic E-state index is 5.57. The first-order valence-electron chi connectivity index (χ1n) is 9.67. The lowest BCUT2D eigenvalue weighted by molar-refractivity contribution is -0.0105. The number of hydrogen-bond donors (Lipinski definition) is 1. The Bertz CT molecular complexity index is 568. The third-order valence-electron chi connectivity index (χ3n) is 5.25. The van der Waals surface area contributed by atoms with E-state index in [1.807, 2.05) is 0 Å². The average molecular weight is 377 g/mol. The molecule has 1 atom stereocenters. The maximum Gasteiger partial charge on any atom is 0.194 e. The van der Waals surface area contributed by atoms with Crippen LogP contribution in [0.5, 0.6) is 0 Å². The van der Waals surface area contributed by atoms with Gasteiger partial charge in [0.25, 0.3) is 0 Å². The van der Waals surface area contributed by atoms with Crippen LogP contribution in [0.1, 0.15) is 18.9 Å². The first-order chi connectivity index (χ1) is 12.7. The summed E-state index contributed by atoms with van der Waals surface area (Å²) in [6.07, 6.45) is 1.23. The van der Waals surface area contributed by atoms with Gasteiger partial charge in [-0.1, -0.05) is 30.3 Å². The van der Waals surface area contributed by atoms with E-state index in [0.717, 1.165) is 51.9 Å². The number of rotatable bonds is 6. The van der Waals surface area contributed by atoms with Crippen LogP contribution >= 0.6 is 11.8 Å². The number of aliphatic imine (C=N–C) groups is 1. The van der Waals surface area contributed by atoms with Crippen molar-refractivity contribution in [2.45, 2.75) is 25.4 Å². The monoisotopic (exact) mass is 376 g/mol. The molecule has 1 unspecified atom stereocenters. The summed E-state index contributed by atoms with van der Waals surface area (Å²) in [4.78, 5) is 9.93. The van der Waals surface area contributed by atoms with Gasteiger partial charge < -0.3 is 15.0 Å². The summed E-state index contributed by atoms with van der Waals surface area (Å²) in [6, 6.07) is 10.6. The fourth-order valence-corrected chi connectivity index (χ4v) is 5.20. The minimum Gasteiger partial charge on any atom is -0.379 e. The minimum atomic E-state index is 0.197. The second-order valence-corrected chi connectivity index (χ2v) is 8.24. The number of ether oxygens (including phenoxy) is 1. The molecule has 0 aromatic heterocycles. The molecule has 26 heavy (non-hydrogen) atoms. The number of nitrogens with zero attached hydrogens (tertiary/aromatic N) is 3. The number of guanidine groups is 1. The summed E-state index contributed by atoms with van der Waals surface area (Å²) < 4.78 is 5.57. The van der Waals surface area contributed by atoms with Gasteiger partial charge in [0.1, 0.15) is 0 Å². The molecule has 1 aromatic rings. The molecule has 0 bridgehead atoms. The number of nitrogens with one attached hydrogen (secondary N) is 1. The smallest absolute Gasteiger partial charge is 0.194 e. The van der Waals surface area contributed by atoms with Gasteiger partial charge in [-0.2, -0.15) is 11.8 Å². The van der Waals surface area contributed by atoms with Gasteiger partial charge in [-0.3, -0.25) is 9.89 Å². The van der Waals surface area contributed by atoms with Crippen LogP contribution in [0.3, 0.4) is 0 Å². The van der Waals surface area contributed by atoms with E-state index in [2.05, 4.69) is 71.2 Å². The van der Waals surface area contributed by atoms with Crippen LogP contribution in [-0.4, -0.2) is 79.2 Å². The Morgan fingerprint density at radius 1 is 1.31 bits per heavy atom. The summed E-state index contributed by atoms with van der Waals surface area (Å²) in [6.45, 7) is 8.52. The predicted molar refractivity (Wildman–Crippen MR) is 111 cm³/mol. The van der Waals surface area contributed by atoms with E-state index in [9.17, 15) is 0 Å². The maximum atomic E-state index is 5.57. The van der Waals surface area contributed by atoms with Crippen LogP contribution in [0.2, 0.25) is 0 Å². The van der Waals surface area contributed by atoms with Crippen molar-refractivity contribution in [2.24, 2.45) is 4.99 Å². The van der Waals surface area contributed by atoms with Gasteiger partial charge >= 0.3 is 0 Å². The molecule has 5 nitrogen and oxygen atoms in total. The Labute approximate surface area is 162 Å². The van der Waals surface area contributed by atoms with E-state index in [4.69, 9.17) is 9.73 Å². The number of hydrogen-bond acceptors (Lipinski definition) is 4. The highest BCUT2D eigenvalue weighted by molar-refractivity contribution is 7.99. The Kier molecular flexibility index (Phi) is 7.23. The van der Waals surface area contributed by atoms with Crippen molar-refractivity contribution in [1.29, 1.82) is 0 Å². The molecule has 1 N–H and O–H groups in total. The standard InChI is InChI=1S/C20H32N4OS/c1-3-21-19(23(2)15-18-7-5-4-6-8-18)22-16-20(9-14-26-17-20)24-10-12-25-13-11-24/h4-8H,3,9-17H2,1-2H3,(H,21,22). The molecule has 2 heterocycles. The highest BCUT2D eigenvalue weighted by Crippen LogP contribution is 2.34. The van der Waals surface area contributed by atoms with E-state index in [1.54, 1.807) is 0 Å². The lowest BCUT2D eigenvalue weighted by Gasteiger charge is -2.42. The van der Waals surface area contributed by atoms with Crippen molar-refractivity contribution in [2.75, 3.05) is 57.9 Å². The van der Waals surface area contributed by atoms with Crippen molar-refractivity contribution < 1.29 is 4.74 Å². The molecular weight excluding hydrogens is 344 g/mol. The molecular formula is C20H32N4OS. The van der Waals surface area contributed by atoms with Gasteiger partial charge in [0.2, 0.25) is 0 Å². The molecule has 2 aliphatic heterocycles. The van der Waals surface area contributed by atoms with E-state index in [-0.39, 0.29) is 5.54 Å². The zero-order valence-electron chi connectivity index (χ0n) is 16.1. The highest BCUT2D eigenvalue weighted by Gasteiger charge is 2.40. The summed E-state index contributed by atoms with van der Waals surface area (Å²) in [5, 5.41) is 3.47. The Balaban J connectivity index is 1.70. The van der Waals surface area contributed by atoms with Crippen molar-refractivity contribution >= 4 is 17.7 Å². The second-order valence-electron chi connectivity index (χ2n) is 7.14. The zero-order valence-corrected chi connectivity index (χ0v) is 16.9. The van der Waals surface area contributed by atoms with Crippen molar-refractivity contribution in [1.82, 2.24) is 15.1 Å². The number of benzene rings is 1. The van der Waals surface area contributed by atoms with Crippen molar-refractivity contribution in [3.05, 3.63) is 35.9 Å². The normalized spacial score (nSPS) is 24.6. The summed E-state index contributed by atoms with van der Waals surface area (Å²) in [5.74, 6) is 3.42. The van der Waals surface area contributed by atoms with Crippen LogP contribution in [0, 0.1) is 0 Å². The van der Waals surface area contributed by atoms with Crippen LogP contribution in [0.25, 0.3) is 0 Å². The summed E-state index contributed by atoms with van der Waals surface area (Å²) in [7, 11) is 2.12. The molecule has 2 saturated heterocycles. The number of thioether (sulfide) groups is 1. The average Bonchev–Trinajstić information content (AvgIpc) is 3.17. The first-order valence-corrected chi connectivity index (χ1v) is 10.8.